The average Bonchev–Trinajstić information content (AvgIpc) is 2.83. The Morgan fingerprint density at radius 2 is 2.44 bits per heavy atom. The van der Waals surface area contributed by atoms with Gasteiger partial charge in [-0.1, -0.05) is 6.08 Å². The summed E-state index contributed by atoms with van der Waals surface area (Å²) >= 11 is 1.20. The number of unbranched alkanes of at least 4 members (excludes halogenated alkanes) is 1. The number of hydrogen-bond donors (Lipinski definition) is 0. The van der Waals surface area contributed by atoms with Crippen LogP contribution in [0.3, 0.4) is 0 Å². The zero-order valence-electron chi connectivity index (χ0n) is 10.6. The van der Waals surface area contributed by atoms with Gasteiger partial charge in [0, 0.05) is 19.5 Å². The van der Waals surface area contributed by atoms with Crippen molar-refractivity contribution in [3.05, 3.63) is 11.8 Å². The number of rotatable bonds is 5. The van der Waals surface area contributed by atoms with Crippen LogP contribution >= 0.6 is 11.7 Å². The first-order valence-corrected chi connectivity index (χ1v) is 6.81. The fourth-order valence-corrected chi connectivity index (χ4v) is 2.41. The number of hydrogen-bond acceptors (Lipinski definition) is 5. The maximum atomic E-state index is 5.65. The Morgan fingerprint density at radius 1 is 1.56 bits per heavy atom. The van der Waals surface area contributed by atoms with E-state index in [0.29, 0.717) is 12.5 Å². The van der Waals surface area contributed by atoms with E-state index in [9.17, 15) is 0 Å². The topological polar surface area (TPSA) is 38.3 Å². The summed E-state index contributed by atoms with van der Waals surface area (Å²) in [5, 5.41) is 0. The Morgan fingerprint density at radius 3 is 3.22 bits per heavy atom. The Kier molecular flexibility index (Phi) is 4.73. The highest BCUT2D eigenvalue weighted by Crippen LogP contribution is 2.26. The lowest BCUT2D eigenvalue weighted by atomic mass is 10.1. The molecule has 2 rings (SSSR count). The lowest BCUT2D eigenvalue weighted by Crippen LogP contribution is -2.25. The van der Waals surface area contributed by atoms with Crippen molar-refractivity contribution in [3.63, 3.8) is 0 Å². The zero-order chi connectivity index (χ0) is 12.8. The van der Waals surface area contributed by atoms with Gasteiger partial charge in [0.15, 0.2) is 0 Å². The third-order valence-electron chi connectivity index (χ3n) is 2.81. The Labute approximate surface area is 112 Å². The highest BCUT2D eigenvalue weighted by molar-refractivity contribution is 6.99. The van der Waals surface area contributed by atoms with Gasteiger partial charge in [-0.15, -0.1) is 16.7 Å². The third kappa shape index (κ3) is 3.31. The van der Waals surface area contributed by atoms with E-state index in [1.165, 1.54) is 17.3 Å². The maximum absolute atomic E-state index is 5.65. The van der Waals surface area contributed by atoms with Crippen molar-refractivity contribution in [1.29, 1.82) is 0 Å². The van der Waals surface area contributed by atoms with Crippen molar-refractivity contribution in [2.45, 2.75) is 19.3 Å². The summed E-state index contributed by atoms with van der Waals surface area (Å²) in [7, 11) is 2.11. The van der Waals surface area contributed by atoms with Gasteiger partial charge < -0.3 is 9.64 Å². The van der Waals surface area contributed by atoms with Gasteiger partial charge in [-0.25, -0.2) is 0 Å². The largest absolute Gasteiger partial charge is 0.475 e. The first kappa shape index (κ1) is 13.1. The predicted octanol–water partition coefficient (Wildman–Crippen LogP) is 2.05. The second kappa shape index (κ2) is 6.53. The Balaban J connectivity index is 1.99. The summed E-state index contributed by atoms with van der Waals surface area (Å²) in [6.07, 6.45) is 10.1. The molecule has 1 aliphatic heterocycles. The first-order valence-electron chi connectivity index (χ1n) is 6.08. The summed E-state index contributed by atoms with van der Waals surface area (Å²) < 4.78 is 14.2. The lowest BCUT2D eigenvalue weighted by Gasteiger charge is -2.22. The zero-order valence-corrected chi connectivity index (χ0v) is 11.4. The quantitative estimate of drug-likeness (QED) is 0.602. The molecular weight excluding hydrogens is 246 g/mol. The van der Waals surface area contributed by atoms with Gasteiger partial charge in [0.25, 0.3) is 5.88 Å². The van der Waals surface area contributed by atoms with Crippen molar-refractivity contribution in [2.75, 3.05) is 26.7 Å². The lowest BCUT2D eigenvalue weighted by molar-refractivity contribution is 0.301. The van der Waals surface area contributed by atoms with E-state index in [-0.39, 0.29) is 0 Å². The van der Waals surface area contributed by atoms with E-state index in [4.69, 9.17) is 11.2 Å². The van der Waals surface area contributed by atoms with E-state index in [0.717, 1.165) is 38.0 Å². The molecule has 4 nitrogen and oxygen atoms in total. The van der Waals surface area contributed by atoms with Gasteiger partial charge >= 0.3 is 0 Å². The molecule has 18 heavy (non-hydrogen) atoms. The minimum atomic E-state index is 0.603. The molecule has 0 N–H and O–H groups in total. The van der Waals surface area contributed by atoms with Crippen molar-refractivity contribution in [3.8, 4) is 18.2 Å². The molecule has 0 fully saturated rings. The van der Waals surface area contributed by atoms with Crippen LogP contribution in [0.15, 0.2) is 6.08 Å². The highest BCUT2D eigenvalue weighted by Gasteiger charge is 2.18. The van der Waals surface area contributed by atoms with Gasteiger partial charge in [-0.05, 0) is 25.5 Å². The SMILES string of the molecule is C#CCCCOc1nsnc1C1=CCCN(C)C1. The molecule has 0 saturated carbocycles. The molecule has 0 aliphatic carbocycles. The predicted molar refractivity (Wildman–Crippen MR) is 73.6 cm³/mol. The number of aromatic nitrogens is 2. The van der Waals surface area contributed by atoms with Crippen molar-refractivity contribution in [2.24, 2.45) is 0 Å². The number of nitrogens with zero attached hydrogens (tertiary/aromatic N) is 3. The van der Waals surface area contributed by atoms with E-state index in [1.807, 2.05) is 0 Å². The molecular formula is C13H17N3OS. The smallest absolute Gasteiger partial charge is 0.253 e. The first-order chi connectivity index (χ1) is 8.81. The molecule has 2 heterocycles. The second-order valence-electron chi connectivity index (χ2n) is 4.33. The molecule has 5 heteroatoms. The van der Waals surface area contributed by atoms with E-state index in [1.54, 1.807) is 0 Å². The molecule has 0 spiro atoms. The van der Waals surface area contributed by atoms with E-state index < -0.39 is 0 Å². The van der Waals surface area contributed by atoms with Crippen LogP contribution in [-0.4, -0.2) is 40.4 Å². The number of ether oxygens (including phenoxy) is 1. The molecule has 0 unspecified atom stereocenters. The van der Waals surface area contributed by atoms with Gasteiger partial charge in [0.2, 0.25) is 0 Å². The van der Waals surface area contributed by atoms with Crippen molar-refractivity contribution in [1.82, 2.24) is 13.6 Å². The minimum absolute atomic E-state index is 0.603. The van der Waals surface area contributed by atoms with Crippen LogP contribution in [-0.2, 0) is 0 Å². The van der Waals surface area contributed by atoms with Gasteiger partial charge in [0.05, 0.1) is 18.3 Å². The van der Waals surface area contributed by atoms with E-state index in [2.05, 4.69) is 32.7 Å². The van der Waals surface area contributed by atoms with Crippen LogP contribution in [0.2, 0.25) is 0 Å². The molecule has 1 aromatic rings. The third-order valence-corrected chi connectivity index (χ3v) is 3.32. The number of likely N-dealkylation sites (N-methyl/N-ethyl adjacent to an activating group) is 1. The van der Waals surface area contributed by atoms with Crippen molar-refractivity contribution < 1.29 is 4.74 Å². The summed E-state index contributed by atoms with van der Waals surface area (Å²) in [5.41, 5.74) is 2.11. The molecule has 0 aromatic carbocycles. The normalized spacial score (nSPS) is 16.1. The molecule has 0 radical (unpaired) electrons. The van der Waals surface area contributed by atoms with Gasteiger partial charge in [-0.3, -0.25) is 0 Å². The molecule has 0 amide bonds. The van der Waals surface area contributed by atoms with E-state index >= 15 is 0 Å². The monoisotopic (exact) mass is 263 g/mol. The minimum Gasteiger partial charge on any atom is -0.475 e. The fraction of sp³-hybridized carbons (Fsp3) is 0.538. The highest BCUT2D eigenvalue weighted by atomic mass is 32.1. The van der Waals surface area contributed by atoms with Crippen LogP contribution in [0.5, 0.6) is 5.88 Å². The summed E-state index contributed by atoms with van der Waals surface area (Å²) in [6, 6.07) is 0. The molecule has 1 aromatic heterocycles. The molecule has 1 aliphatic rings. The molecule has 0 bridgehead atoms. The Hall–Kier alpha value is -1.38. The molecule has 0 atom stereocenters. The molecule has 0 saturated heterocycles. The fourth-order valence-electron chi connectivity index (χ4n) is 1.88. The summed E-state index contributed by atoms with van der Waals surface area (Å²) in [5.74, 6) is 3.25. The molecule has 96 valence electrons. The van der Waals surface area contributed by atoms with Crippen LogP contribution in [0.1, 0.15) is 25.0 Å². The maximum Gasteiger partial charge on any atom is 0.253 e. The van der Waals surface area contributed by atoms with Crippen LogP contribution in [0.25, 0.3) is 5.57 Å². The standard InChI is InChI=1S/C13H17N3OS/c1-3-4-5-9-17-13-12(14-18-15-13)11-7-6-8-16(2)10-11/h1,7H,4-6,8-10H2,2H3. The number of terminal acetylenes is 1. The van der Waals surface area contributed by atoms with Crippen LogP contribution in [0.4, 0.5) is 0 Å². The second-order valence-corrected chi connectivity index (χ2v) is 4.86. The summed E-state index contributed by atoms with van der Waals surface area (Å²) in [6.45, 7) is 2.61. The Bertz CT molecular complexity index is 461. The summed E-state index contributed by atoms with van der Waals surface area (Å²) in [4.78, 5) is 2.27. The average molecular weight is 263 g/mol. The van der Waals surface area contributed by atoms with Gasteiger partial charge in [0.1, 0.15) is 5.69 Å². The van der Waals surface area contributed by atoms with Crippen LogP contribution < -0.4 is 4.74 Å². The van der Waals surface area contributed by atoms with Crippen molar-refractivity contribution >= 4 is 17.3 Å². The van der Waals surface area contributed by atoms with Crippen LogP contribution in [0, 0.1) is 12.3 Å². The van der Waals surface area contributed by atoms with Gasteiger partial charge in [-0.2, -0.15) is 4.37 Å².